The molecule has 2 amide bonds. The van der Waals surface area contributed by atoms with E-state index in [0.717, 1.165) is 41.5 Å². The summed E-state index contributed by atoms with van der Waals surface area (Å²) in [6.07, 6.45) is 6.07. The number of aromatic nitrogens is 4. The van der Waals surface area contributed by atoms with Crippen LogP contribution in [-0.4, -0.2) is 139 Å². The summed E-state index contributed by atoms with van der Waals surface area (Å²) in [5, 5.41) is 28.2. The molecule has 2 unspecified atom stereocenters. The van der Waals surface area contributed by atoms with Crippen LogP contribution in [0.1, 0.15) is 99.3 Å². The summed E-state index contributed by atoms with van der Waals surface area (Å²) in [6.45, 7) is 13.7. The van der Waals surface area contributed by atoms with Crippen molar-refractivity contribution in [3.63, 3.8) is 0 Å². The standard InChI is InChI=1S/C50H62Cl2N6O12/c1-48(2,64)27-67-40-11-7-9-30(42(40)51)25-65-36-19-34-23-56(24-35(34)20-36)47(63)58-16-14-39(54-58)45(61)70-50(5,6)29-69-49(3,4)28-68-41-12-8-10-31(43(41)52)26-66-37-17-32-21-55(22-33(32)18-37)46(62)57-15-13-38(53-57)44(59)60/h7-16,32-37,64H,17-29H2,1-6H3,(H,59,60)/t32-,33+,34-,35+,36?,37?. The number of hydrogen-bond acceptors (Lipinski definition) is 13. The second kappa shape index (κ2) is 20.8. The maximum Gasteiger partial charge on any atom is 0.359 e. The van der Waals surface area contributed by atoms with Crippen LogP contribution in [0.25, 0.3) is 0 Å². The van der Waals surface area contributed by atoms with E-state index in [9.17, 15) is 24.3 Å². The number of ether oxygens (including phenoxy) is 6. The van der Waals surface area contributed by atoms with Crippen LogP contribution < -0.4 is 9.47 Å². The number of benzene rings is 2. The normalized spacial score (nSPS) is 22.3. The zero-order chi connectivity index (χ0) is 50.1. The highest BCUT2D eigenvalue weighted by Crippen LogP contribution is 2.42. The molecule has 4 heterocycles. The van der Waals surface area contributed by atoms with E-state index in [-0.39, 0.29) is 85.8 Å². The molecule has 0 spiro atoms. The Hall–Kier alpha value is -5.24. The molecule has 2 saturated carbocycles. The first kappa shape index (κ1) is 51.1. The van der Waals surface area contributed by atoms with Crippen LogP contribution in [0.3, 0.4) is 0 Å². The van der Waals surface area contributed by atoms with E-state index in [1.165, 1.54) is 29.2 Å². The monoisotopic (exact) mass is 1010 g/mol. The maximum absolute atomic E-state index is 13.5. The Labute approximate surface area is 417 Å². The van der Waals surface area contributed by atoms with Crippen LogP contribution in [0, 0.1) is 23.7 Å². The van der Waals surface area contributed by atoms with Crippen LogP contribution in [0.2, 0.25) is 10.0 Å². The number of carboxylic acids is 1. The molecule has 0 bridgehead atoms. The molecule has 4 fully saturated rings. The highest BCUT2D eigenvalue weighted by atomic mass is 35.5. The number of likely N-dealkylation sites (tertiary alicyclic amines) is 2. The molecular weight excluding hydrogens is 947 g/mol. The summed E-state index contributed by atoms with van der Waals surface area (Å²) < 4.78 is 38.8. The number of esters is 1. The summed E-state index contributed by atoms with van der Waals surface area (Å²) in [5.41, 5.74) is -1.45. The molecule has 18 nitrogen and oxygen atoms in total. The van der Waals surface area contributed by atoms with Crippen molar-refractivity contribution in [2.75, 3.05) is 46.0 Å². The minimum absolute atomic E-state index is 0.00236. The van der Waals surface area contributed by atoms with E-state index in [1.54, 1.807) is 49.6 Å². The summed E-state index contributed by atoms with van der Waals surface area (Å²) in [5.74, 6) is 0.199. The van der Waals surface area contributed by atoms with E-state index in [2.05, 4.69) is 10.2 Å². The average molecular weight is 1010 g/mol. The third-order valence-electron chi connectivity index (χ3n) is 13.3. The van der Waals surface area contributed by atoms with Crippen molar-refractivity contribution >= 4 is 47.2 Å². The highest BCUT2D eigenvalue weighted by molar-refractivity contribution is 6.33. The highest BCUT2D eigenvalue weighted by Gasteiger charge is 2.45. The van der Waals surface area contributed by atoms with Crippen molar-refractivity contribution in [3.05, 3.63) is 93.5 Å². The molecule has 4 aliphatic rings. The molecule has 2 aromatic heterocycles. The lowest BCUT2D eigenvalue weighted by atomic mass is 10.0. The molecule has 8 rings (SSSR count). The van der Waals surface area contributed by atoms with Gasteiger partial charge in [-0.3, -0.25) is 0 Å². The van der Waals surface area contributed by atoms with Gasteiger partial charge in [-0.05, 0) is 115 Å². The lowest BCUT2D eigenvalue weighted by Crippen LogP contribution is -2.41. The van der Waals surface area contributed by atoms with Gasteiger partial charge in [0, 0.05) is 49.7 Å². The van der Waals surface area contributed by atoms with Gasteiger partial charge in [0.15, 0.2) is 11.4 Å². The van der Waals surface area contributed by atoms with Gasteiger partial charge >= 0.3 is 24.0 Å². The number of rotatable bonds is 18. The zero-order valence-electron chi connectivity index (χ0n) is 40.3. The fourth-order valence-corrected chi connectivity index (χ4v) is 10.1. The smallest absolute Gasteiger partial charge is 0.359 e. The van der Waals surface area contributed by atoms with E-state index < -0.39 is 28.7 Å². The molecule has 2 saturated heterocycles. The molecule has 2 aromatic carbocycles. The van der Waals surface area contributed by atoms with Crippen LogP contribution in [-0.2, 0) is 32.2 Å². The number of aromatic carboxylic acids is 1. The van der Waals surface area contributed by atoms with E-state index in [0.29, 0.717) is 54.3 Å². The van der Waals surface area contributed by atoms with Gasteiger partial charge in [0.2, 0.25) is 0 Å². The quantitative estimate of drug-likeness (QED) is 0.0912. The predicted octanol–water partition coefficient (Wildman–Crippen LogP) is 7.83. The molecule has 2 aliphatic heterocycles. The van der Waals surface area contributed by atoms with E-state index >= 15 is 0 Å². The Morgan fingerprint density at radius 2 is 1.07 bits per heavy atom. The van der Waals surface area contributed by atoms with Gasteiger partial charge in [0.1, 0.15) is 30.3 Å². The number of fused-ring (bicyclic) bond motifs is 2. The molecule has 378 valence electrons. The van der Waals surface area contributed by atoms with Crippen molar-refractivity contribution in [2.24, 2.45) is 23.7 Å². The Kier molecular flexibility index (Phi) is 15.2. The number of aliphatic hydroxyl groups is 1. The van der Waals surface area contributed by atoms with Crippen molar-refractivity contribution < 1.29 is 57.8 Å². The van der Waals surface area contributed by atoms with Crippen molar-refractivity contribution in [1.82, 2.24) is 29.4 Å². The zero-order valence-corrected chi connectivity index (χ0v) is 41.9. The van der Waals surface area contributed by atoms with Crippen LogP contribution in [0.5, 0.6) is 11.5 Å². The SMILES string of the molecule is CC(C)(O)COc1cccc(COC2C[C@@H]3CN(C(=O)n4ccc(C(=O)OC(C)(C)COC(C)(C)COc5cccc(COC6C[C@@H]7CN(C(=O)n8ccc(C(=O)O)n8)C[C@@H]7C6)c5Cl)n4)C[C@@H]3C2)c1Cl. The van der Waals surface area contributed by atoms with Gasteiger partial charge in [-0.2, -0.15) is 19.6 Å². The molecule has 2 aliphatic carbocycles. The molecule has 2 N–H and O–H groups in total. The van der Waals surface area contributed by atoms with Gasteiger partial charge in [0.05, 0.1) is 53.3 Å². The number of amides is 2. The summed E-state index contributed by atoms with van der Waals surface area (Å²) in [6, 6.07) is 13.2. The summed E-state index contributed by atoms with van der Waals surface area (Å²) in [4.78, 5) is 54.4. The summed E-state index contributed by atoms with van der Waals surface area (Å²) >= 11 is 13.4. The molecule has 6 atom stereocenters. The largest absolute Gasteiger partial charge is 0.489 e. The number of nitrogens with zero attached hydrogens (tertiary/aromatic N) is 6. The number of carbonyl (C=O) groups is 4. The minimum atomic E-state index is -1.18. The van der Waals surface area contributed by atoms with Gasteiger partial charge in [-0.15, -0.1) is 0 Å². The van der Waals surface area contributed by atoms with Gasteiger partial charge in [-0.1, -0.05) is 47.5 Å². The van der Waals surface area contributed by atoms with Gasteiger partial charge in [0.25, 0.3) is 0 Å². The average Bonchev–Trinajstić information content (AvgIpc) is 4.16. The van der Waals surface area contributed by atoms with Gasteiger partial charge in [-0.25, -0.2) is 19.2 Å². The molecular formula is C50H62Cl2N6O12. The Morgan fingerprint density at radius 1 is 0.629 bits per heavy atom. The number of carboxylic acid groups (broad SMARTS) is 1. The lowest BCUT2D eigenvalue weighted by Gasteiger charge is -2.31. The second-order valence-corrected chi connectivity index (χ2v) is 21.6. The van der Waals surface area contributed by atoms with Crippen LogP contribution in [0.4, 0.5) is 9.59 Å². The van der Waals surface area contributed by atoms with Crippen molar-refractivity contribution in [1.29, 1.82) is 0 Å². The van der Waals surface area contributed by atoms with E-state index in [4.69, 9.17) is 56.7 Å². The molecule has 70 heavy (non-hydrogen) atoms. The first-order valence-electron chi connectivity index (χ1n) is 23.7. The Bertz CT molecular complexity index is 2530. The fourth-order valence-electron chi connectivity index (χ4n) is 9.67. The number of halogens is 2. The first-order valence-corrected chi connectivity index (χ1v) is 24.4. The minimum Gasteiger partial charge on any atom is -0.489 e. The lowest BCUT2D eigenvalue weighted by molar-refractivity contribution is -0.111. The summed E-state index contributed by atoms with van der Waals surface area (Å²) in [7, 11) is 0. The van der Waals surface area contributed by atoms with Crippen molar-refractivity contribution in [2.45, 2.75) is 109 Å². The number of hydrogen-bond donors (Lipinski definition) is 2. The maximum atomic E-state index is 13.5. The number of carbonyl (C=O) groups excluding carboxylic acids is 3. The van der Waals surface area contributed by atoms with Crippen LogP contribution in [0.15, 0.2) is 60.9 Å². The third-order valence-corrected chi connectivity index (χ3v) is 14.2. The predicted molar refractivity (Wildman–Crippen MR) is 255 cm³/mol. The molecule has 4 aromatic rings. The molecule has 0 radical (unpaired) electrons. The molecule has 20 heteroatoms. The van der Waals surface area contributed by atoms with Crippen LogP contribution >= 0.6 is 23.2 Å². The van der Waals surface area contributed by atoms with Gasteiger partial charge < -0.3 is 48.4 Å². The first-order chi connectivity index (χ1) is 33.1. The third kappa shape index (κ3) is 12.4. The Morgan fingerprint density at radius 3 is 1.51 bits per heavy atom. The topological polar surface area (TPSA) is 206 Å². The fraction of sp³-hybridized carbons (Fsp3) is 0.560. The van der Waals surface area contributed by atoms with E-state index in [1.807, 2.05) is 38.1 Å². The van der Waals surface area contributed by atoms with Crippen molar-refractivity contribution in [3.8, 4) is 11.5 Å². The second-order valence-electron chi connectivity index (χ2n) is 20.9. The Balaban J connectivity index is 0.737.